The molecule has 0 saturated carbocycles. The maximum atomic E-state index is 11.9. The Morgan fingerprint density at radius 2 is 1.36 bits per heavy atom. The largest absolute Gasteiger partial charge is 0.494 e. The van der Waals surface area contributed by atoms with Crippen LogP contribution in [0.3, 0.4) is 0 Å². The first-order valence-corrected chi connectivity index (χ1v) is 8.85. The van der Waals surface area contributed by atoms with E-state index in [9.17, 15) is 14.4 Å². The van der Waals surface area contributed by atoms with Crippen LogP contribution in [-0.2, 0) is 14.4 Å². The summed E-state index contributed by atoms with van der Waals surface area (Å²) in [7, 11) is 0. The van der Waals surface area contributed by atoms with Crippen molar-refractivity contribution in [1.29, 1.82) is 0 Å². The number of hydrogen-bond donors (Lipinski definition) is 3. The van der Waals surface area contributed by atoms with Crippen molar-refractivity contribution in [3.05, 3.63) is 54.6 Å². The number of benzene rings is 2. The van der Waals surface area contributed by atoms with Gasteiger partial charge < -0.3 is 14.8 Å². The SMILES string of the molecule is CCOc1ccc(NC(=O)CCC(=O)NNC(=O)COc2ccccc2)cc1. The number of carbonyl (C=O) groups is 3. The predicted octanol–water partition coefficient (Wildman–Crippen LogP) is 2.03. The number of nitrogens with one attached hydrogen (secondary N) is 3. The molecule has 0 spiro atoms. The lowest BCUT2D eigenvalue weighted by Gasteiger charge is -2.09. The lowest BCUT2D eigenvalue weighted by Crippen LogP contribution is -2.44. The molecule has 0 heterocycles. The number of carbonyl (C=O) groups excluding carboxylic acids is 3. The molecule has 0 fully saturated rings. The van der Waals surface area contributed by atoms with E-state index >= 15 is 0 Å². The Morgan fingerprint density at radius 1 is 0.750 bits per heavy atom. The molecule has 2 rings (SSSR count). The van der Waals surface area contributed by atoms with Crippen LogP contribution in [0.4, 0.5) is 5.69 Å². The Kier molecular flexibility index (Phi) is 8.32. The third-order valence-corrected chi connectivity index (χ3v) is 3.48. The van der Waals surface area contributed by atoms with Gasteiger partial charge >= 0.3 is 0 Å². The lowest BCUT2D eigenvalue weighted by molar-refractivity contribution is -0.130. The molecule has 0 saturated heterocycles. The highest BCUT2D eigenvalue weighted by Gasteiger charge is 2.09. The van der Waals surface area contributed by atoms with Gasteiger partial charge in [0.05, 0.1) is 6.61 Å². The van der Waals surface area contributed by atoms with Crippen molar-refractivity contribution >= 4 is 23.4 Å². The zero-order valence-electron chi connectivity index (χ0n) is 15.6. The minimum Gasteiger partial charge on any atom is -0.494 e. The van der Waals surface area contributed by atoms with Crippen molar-refractivity contribution in [2.45, 2.75) is 19.8 Å². The summed E-state index contributed by atoms with van der Waals surface area (Å²) in [5.74, 6) is -0.0224. The average molecular weight is 385 g/mol. The fourth-order valence-corrected chi connectivity index (χ4v) is 2.16. The van der Waals surface area contributed by atoms with Crippen LogP contribution >= 0.6 is 0 Å². The average Bonchev–Trinajstić information content (AvgIpc) is 2.71. The lowest BCUT2D eigenvalue weighted by atomic mass is 10.2. The monoisotopic (exact) mass is 385 g/mol. The van der Waals surface area contributed by atoms with E-state index in [4.69, 9.17) is 9.47 Å². The first-order valence-electron chi connectivity index (χ1n) is 8.85. The Hall–Kier alpha value is -3.55. The number of amides is 3. The smallest absolute Gasteiger partial charge is 0.276 e. The molecule has 0 aliphatic heterocycles. The van der Waals surface area contributed by atoms with Crippen molar-refractivity contribution in [3.63, 3.8) is 0 Å². The molecule has 8 heteroatoms. The van der Waals surface area contributed by atoms with Gasteiger partial charge in [0.25, 0.3) is 5.91 Å². The summed E-state index contributed by atoms with van der Waals surface area (Å²) in [6.45, 7) is 2.22. The molecule has 0 aromatic heterocycles. The van der Waals surface area contributed by atoms with E-state index in [1.807, 2.05) is 13.0 Å². The van der Waals surface area contributed by atoms with Crippen LogP contribution in [0.1, 0.15) is 19.8 Å². The Morgan fingerprint density at radius 3 is 2.04 bits per heavy atom. The fraction of sp³-hybridized carbons (Fsp3) is 0.250. The van der Waals surface area contributed by atoms with Gasteiger partial charge in [-0.15, -0.1) is 0 Å². The maximum absolute atomic E-state index is 11.9. The number of anilines is 1. The van der Waals surface area contributed by atoms with Gasteiger partial charge in [0.15, 0.2) is 6.61 Å². The molecule has 0 unspecified atom stereocenters. The van der Waals surface area contributed by atoms with Crippen LogP contribution in [0.25, 0.3) is 0 Å². The van der Waals surface area contributed by atoms with Crippen LogP contribution in [0.5, 0.6) is 11.5 Å². The normalized spacial score (nSPS) is 9.89. The molecule has 8 nitrogen and oxygen atoms in total. The summed E-state index contributed by atoms with van der Waals surface area (Å²) in [5, 5.41) is 2.69. The summed E-state index contributed by atoms with van der Waals surface area (Å²) in [6.07, 6.45) is -0.0852. The zero-order chi connectivity index (χ0) is 20.2. The highest BCUT2D eigenvalue weighted by Crippen LogP contribution is 2.15. The van der Waals surface area contributed by atoms with Crippen LogP contribution in [0.2, 0.25) is 0 Å². The van der Waals surface area contributed by atoms with Gasteiger partial charge in [0, 0.05) is 18.5 Å². The number of rotatable bonds is 9. The standard InChI is InChI=1S/C20H23N3O5/c1-2-27-17-10-8-15(9-11-17)21-18(24)12-13-19(25)22-23-20(26)14-28-16-6-4-3-5-7-16/h3-11H,2,12-14H2,1H3,(H,21,24)(H,22,25)(H,23,26). The summed E-state index contributed by atoms with van der Waals surface area (Å²) in [4.78, 5) is 35.3. The van der Waals surface area contributed by atoms with Crippen molar-refractivity contribution in [2.75, 3.05) is 18.5 Å². The first-order chi connectivity index (χ1) is 13.6. The molecular weight excluding hydrogens is 362 g/mol. The van der Waals surface area contributed by atoms with Crippen molar-refractivity contribution < 1.29 is 23.9 Å². The molecule has 3 amide bonds. The van der Waals surface area contributed by atoms with Gasteiger partial charge in [-0.25, -0.2) is 0 Å². The summed E-state index contributed by atoms with van der Waals surface area (Å²) >= 11 is 0. The molecule has 2 aromatic carbocycles. The molecule has 0 atom stereocenters. The molecule has 3 N–H and O–H groups in total. The fourth-order valence-electron chi connectivity index (χ4n) is 2.16. The van der Waals surface area contributed by atoms with E-state index in [-0.39, 0.29) is 25.4 Å². The van der Waals surface area contributed by atoms with Crippen LogP contribution in [0.15, 0.2) is 54.6 Å². The minimum atomic E-state index is -0.504. The topological polar surface area (TPSA) is 106 Å². The molecule has 0 aliphatic carbocycles. The maximum Gasteiger partial charge on any atom is 0.276 e. The number of hydrazine groups is 1. The van der Waals surface area contributed by atoms with Gasteiger partial charge in [-0.1, -0.05) is 18.2 Å². The van der Waals surface area contributed by atoms with Gasteiger partial charge in [-0.3, -0.25) is 25.2 Å². The zero-order valence-corrected chi connectivity index (χ0v) is 15.6. The predicted molar refractivity (Wildman–Crippen MR) is 104 cm³/mol. The number of para-hydroxylation sites is 1. The van der Waals surface area contributed by atoms with Crippen molar-refractivity contribution in [3.8, 4) is 11.5 Å². The van der Waals surface area contributed by atoms with Gasteiger partial charge in [0.1, 0.15) is 11.5 Å². The summed E-state index contributed by atoms with van der Waals surface area (Å²) in [5.41, 5.74) is 5.09. The Bertz CT molecular complexity index is 778. The quantitative estimate of drug-likeness (QED) is 0.573. The minimum absolute atomic E-state index is 0.0184. The molecule has 0 bridgehead atoms. The van der Waals surface area contributed by atoms with E-state index in [1.54, 1.807) is 48.5 Å². The van der Waals surface area contributed by atoms with Gasteiger partial charge in [-0.05, 0) is 43.3 Å². The third-order valence-electron chi connectivity index (χ3n) is 3.48. The van der Waals surface area contributed by atoms with Crippen LogP contribution in [-0.4, -0.2) is 30.9 Å². The highest BCUT2D eigenvalue weighted by atomic mass is 16.5. The molecule has 148 valence electrons. The van der Waals surface area contributed by atoms with E-state index in [1.165, 1.54) is 0 Å². The van der Waals surface area contributed by atoms with Crippen LogP contribution in [0, 0.1) is 0 Å². The van der Waals surface area contributed by atoms with Gasteiger partial charge in [0.2, 0.25) is 11.8 Å². The third kappa shape index (κ3) is 7.77. The highest BCUT2D eigenvalue weighted by molar-refractivity contribution is 5.93. The molecule has 0 aliphatic rings. The van der Waals surface area contributed by atoms with E-state index < -0.39 is 11.8 Å². The molecule has 0 radical (unpaired) electrons. The molecule has 28 heavy (non-hydrogen) atoms. The molecule has 2 aromatic rings. The van der Waals surface area contributed by atoms with E-state index in [0.29, 0.717) is 23.8 Å². The Labute approximate surface area is 163 Å². The van der Waals surface area contributed by atoms with Crippen molar-refractivity contribution in [2.24, 2.45) is 0 Å². The van der Waals surface area contributed by atoms with E-state index in [0.717, 1.165) is 0 Å². The van der Waals surface area contributed by atoms with Gasteiger partial charge in [-0.2, -0.15) is 0 Å². The second kappa shape index (κ2) is 11.2. The number of ether oxygens (including phenoxy) is 2. The van der Waals surface area contributed by atoms with Crippen LogP contribution < -0.4 is 25.6 Å². The number of hydrogen-bond acceptors (Lipinski definition) is 5. The molecular formula is C20H23N3O5. The summed E-state index contributed by atoms with van der Waals surface area (Å²) < 4.78 is 10.6. The van der Waals surface area contributed by atoms with E-state index in [2.05, 4.69) is 16.2 Å². The second-order valence-electron chi connectivity index (χ2n) is 5.70. The summed E-state index contributed by atoms with van der Waals surface area (Å²) in [6, 6.07) is 15.8. The first kappa shape index (κ1) is 20.8. The second-order valence-corrected chi connectivity index (χ2v) is 5.70. The van der Waals surface area contributed by atoms with Crippen molar-refractivity contribution in [1.82, 2.24) is 10.9 Å². The Balaban J connectivity index is 1.61.